The lowest BCUT2D eigenvalue weighted by Gasteiger charge is -2.17. The summed E-state index contributed by atoms with van der Waals surface area (Å²) in [7, 11) is 0. The Bertz CT molecular complexity index is 221. The largest absolute Gasteiger partial charge is 0.394 e. The Balaban J connectivity index is 3.08. The zero-order valence-electron chi connectivity index (χ0n) is 15.8. The second-order valence-corrected chi connectivity index (χ2v) is 6.92. The highest BCUT2D eigenvalue weighted by Crippen LogP contribution is 2.13. The van der Waals surface area contributed by atoms with Crippen molar-refractivity contribution in [1.29, 1.82) is 0 Å². The average Bonchev–Trinajstić information content (AvgIpc) is 2.57. The van der Waals surface area contributed by atoms with E-state index in [1.54, 1.807) is 0 Å². The van der Waals surface area contributed by atoms with Gasteiger partial charge in [0.15, 0.2) is 0 Å². The van der Waals surface area contributed by atoms with Gasteiger partial charge in [-0.1, -0.05) is 90.4 Å². The van der Waals surface area contributed by atoms with Gasteiger partial charge in [0, 0.05) is 6.61 Å². The lowest BCUT2D eigenvalue weighted by molar-refractivity contribution is -0.0490. The Morgan fingerprint density at radius 3 is 1.48 bits per heavy atom. The highest BCUT2D eigenvalue weighted by molar-refractivity contribution is 4.61. The Kier molecular flexibility index (Phi) is 18.1. The molecular weight excluding hydrogens is 288 g/mol. The van der Waals surface area contributed by atoms with E-state index in [-0.39, 0.29) is 12.7 Å². The number of hydrogen-bond acceptors (Lipinski definition) is 3. The monoisotopic (exact) mass is 330 g/mol. The third kappa shape index (κ3) is 16.5. The van der Waals surface area contributed by atoms with E-state index in [0.717, 1.165) is 6.42 Å². The van der Waals surface area contributed by atoms with Crippen LogP contribution >= 0.6 is 0 Å². The molecule has 23 heavy (non-hydrogen) atoms. The first kappa shape index (κ1) is 22.9. The second kappa shape index (κ2) is 18.2. The Morgan fingerprint density at radius 2 is 1.09 bits per heavy atom. The lowest BCUT2D eigenvalue weighted by Crippen LogP contribution is -2.29. The van der Waals surface area contributed by atoms with Gasteiger partial charge < -0.3 is 14.9 Å². The van der Waals surface area contributed by atoms with Crippen LogP contribution < -0.4 is 0 Å². The molecule has 0 unspecified atom stereocenters. The van der Waals surface area contributed by atoms with Gasteiger partial charge in [0.1, 0.15) is 6.10 Å². The van der Waals surface area contributed by atoms with Gasteiger partial charge in [0.05, 0.1) is 12.7 Å². The molecule has 0 heterocycles. The van der Waals surface area contributed by atoms with Crippen LogP contribution in [0.15, 0.2) is 0 Å². The van der Waals surface area contributed by atoms with Crippen LogP contribution in [0.4, 0.5) is 0 Å². The van der Waals surface area contributed by atoms with E-state index in [4.69, 9.17) is 9.84 Å². The van der Waals surface area contributed by atoms with E-state index in [1.165, 1.54) is 83.5 Å². The summed E-state index contributed by atoms with van der Waals surface area (Å²) in [4.78, 5) is 0. The smallest absolute Gasteiger partial charge is 0.103 e. The quantitative estimate of drug-likeness (QED) is 0.338. The van der Waals surface area contributed by atoms with Gasteiger partial charge in [-0.25, -0.2) is 0 Å². The van der Waals surface area contributed by atoms with Crippen LogP contribution in [0.2, 0.25) is 0 Å². The van der Waals surface area contributed by atoms with E-state index in [0.29, 0.717) is 6.61 Å². The fourth-order valence-electron chi connectivity index (χ4n) is 2.83. The standard InChI is InChI=1S/C20H42O3/c1-3-4-5-6-7-8-9-10-11-12-13-14-15-16-17-23-19(2)20(22)18-21/h19-22H,3-18H2,1-2H3/t19-,20-/m0/s1. The minimum Gasteiger partial charge on any atom is -0.394 e. The van der Waals surface area contributed by atoms with Crippen molar-refractivity contribution in [2.75, 3.05) is 13.2 Å². The summed E-state index contributed by atoms with van der Waals surface area (Å²) >= 11 is 0. The summed E-state index contributed by atoms with van der Waals surface area (Å²) in [6, 6.07) is 0. The zero-order chi connectivity index (χ0) is 17.2. The van der Waals surface area contributed by atoms with Crippen LogP contribution in [0.3, 0.4) is 0 Å². The van der Waals surface area contributed by atoms with E-state index in [1.807, 2.05) is 6.92 Å². The summed E-state index contributed by atoms with van der Waals surface area (Å²) in [6.07, 6.45) is 18.0. The third-order valence-corrected chi connectivity index (χ3v) is 4.61. The zero-order valence-corrected chi connectivity index (χ0v) is 15.8. The molecule has 2 N–H and O–H groups in total. The highest BCUT2D eigenvalue weighted by atomic mass is 16.5. The first-order valence-corrected chi connectivity index (χ1v) is 10.1. The molecule has 0 aliphatic heterocycles. The molecule has 3 nitrogen and oxygen atoms in total. The van der Waals surface area contributed by atoms with Crippen molar-refractivity contribution in [3.63, 3.8) is 0 Å². The predicted octanol–water partition coefficient (Wildman–Crippen LogP) is 5.23. The second-order valence-electron chi connectivity index (χ2n) is 6.92. The fraction of sp³-hybridized carbons (Fsp3) is 1.00. The summed E-state index contributed by atoms with van der Waals surface area (Å²) in [5.74, 6) is 0. The number of unbranched alkanes of at least 4 members (excludes halogenated alkanes) is 13. The van der Waals surface area contributed by atoms with Gasteiger partial charge >= 0.3 is 0 Å². The van der Waals surface area contributed by atoms with Crippen molar-refractivity contribution >= 4 is 0 Å². The summed E-state index contributed by atoms with van der Waals surface area (Å²) in [5, 5.41) is 18.2. The van der Waals surface area contributed by atoms with Gasteiger partial charge in [0.2, 0.25) is 0 Å². The minimum absolute atomic E-state index is 0.222. The number of hydrogen-bond donors (Lipinski definition) is 2. The number of ether oxygens (including phenoxy) is 1. The van der Waals surface area contributed by atoms with Gasteiger partial charge in [-0.2, -0.15) is 0 Å². The van der Waals surface area contributed by atoms with Crippen LogP contribution in [-0.2, 0) is 4.74 Å². The summed E-state index contributed by atoms with van der Waals surface area (Å²) in [5.41, 5.74) is 0. The molecule has 0 rings (SSSR count). The highest BCUT2D eigenvalue weighted by Gasteiger charge is 2.12. The van der Waals surface area contributed by atoms with Crippen LogP contribution in [0.1, 0.15) is 104 Å². The molecule has 0 aliphatic carbocycles. The predicted molar refractivity (Wildman–Crippen MR) is 98.8 cm³/mol. The normalized spacial score (nSPS) is 14.1. The molecule has 0 saturated heterocycles. The van der Waals surface area contributed by atoms with Crippen molar-refractivity contribution in [3.8, 4) is 0 Å². The molecule has 0 aromatic rings. The first-order chi connectivity index (χ1) is 11.2. The molecule has 0 aliphatic rings. The van der Waals surface area contributed by atoms with Crippen LogP contribution in [0, 0.1) is 0 Å². The molecule has 0 spiro atoms. The fourth-order valence-corrected chi connectivity index (χ4v) is 2.83. The number of rotatable bonds is 18. The molecule has 2 atom stereocenters. The number of aliphatic hydroxyl groups is 2. The molecule has 0 aromatic carbocycles. The van der Waals surface area contributed by atoms with Crippen molar-refractivity contribution in [3.05, 3.63) is 0 Å². The molecule has 0 amide bonds. The van der Waals surface area contributed by atoms with Crippen LogP contribution in [-0.4, -0.2) is 35.6 Å². The Morgan fingerprint density at radius 1 is 0.696 bits per heavy atom. The van der Waals surface area contributed by atoms with Gasteiger partial charge in [0.25, 0.3) is 0 Å². The van der Waals surface area contributed by atoms with Crippen LogP contribution in [0.25, 0.3) is 0 Å². The third-order valence-electron chi connectivity index (χ3n) is 4.61. The SMILES string of the molecule is CCCCCCCCCCCCCCCCO[C@@H](C)[C@@H](O)CO. The molecule has 3 heteroatoms. The molecule has 0 radical (unpaired) electrons. The summed E-state index contributed by atoms with van der Waals surface area (Å²) in [6.45, 7) is 4.55. The first-order valence-electron chi connectivity index (χ1n) is 10.1. The molecule has 0 saturated carbocycles. The van der Waals surface area contributed by atoms with Gasteiger partial charge in [-0.15, -0.1) is 0 Å². The van der Waals surface area contributed by atoms with Gasteiger partial charge in [-0.3, -0.25) is 0 Å². The maximum Gasteiger partial charge on any atom is 0.103 e. The van der Waals surface area contributed by atoms with E-state index in [2.05, 4.69) is 6.92 Å². The maximum absolute atomic E-state index is 9.37. The molecular formula is C20H42O3. The van der Waals surface area contributed by atoms with Crippen molar-refractivity contribution in [2.24, 2.45) is 0 Å². The minimum atomic E-state index is -0.748. The average molecular weight is 331 g/mol. The van der Waals surface area contributed by atoms with E-state index >= 15 is 0 Å². The van der Waals surface area contributed by atoms with E-state index < -0.39 is 6.10 Å². The Labute approximate surface area is 144 Å². The molecule has 140 valence electrons. The van der Waals surface area contributed by atoms with Crippen molar-refractivity contribution in [2.45, 2.75) is 116 Å². The summed E-state index contributed by atoms with van der Waals surface area (Å²) < 4.78 is 5.49. The van der Waals surface area contributed by atoms with Gasteiger partial charge in [-0.05, 0) is 13.3 Å². The van der Waals surface area contributed by atoms with Crippen molar-refractivity contribution in [1.82, 2.24) is 0 Å². The van der Waals surface area contributed by atoms with Crippen LogP contribution in [0.5, 0.6) is 0 Å². The van der Waals surface area contributed by atoms with E-state index in [9.17, 15) is 5.11 Å². The lowest BCUT2D eigenvalue weighted by atomic mass is 10.0. The topological polar surface area (TPSA) is 49.7 Å². The molecule has 0 bridgehead atoms. The molecule has 0 aromatic heterocycles. The number of aliphatic hydroxyl groups excluding tert-OH is 2. The molecule has 0 fully saturated rings. The Hall–Kier alpha value is -0.120. The van der Waals surface area contributed by atoms with Crippen molar-refractivity contribution < 1.29 is 14.9 Å². The maximum atomic E-state index is 9.37.